The first kappa shape index (κ1) is 10.8. The Morgan fingerprint density at radius 2 is 2.00 bits per heavy atom. The summed E-state index contributed by atoms with van der Waals surface area (Å²) in [6.07, 6.45) is -5.31. The van der Waals surface area contributed by atoms with Gasteiger partial charge in [0.25, 0.3) is 0 Å². The van der Waals surface area contributed by atoms with E-state index in [-0.39, 0.29) is 6.42 Å². The number of hydrogen-bond donors (Lipinski definition) is 1. The fourth-order valence-electron chi connectivity index (χ4n) is 0.461. The van der Waals surface area contributed by atoms with E-state index in [9.17, 15) is 18.0 Å². The van der Waals surface area contributed by atoms with E-state index in [0.717, 1.165) is 16.9 Å². The number of nitrogens with two attached hydrogens (primary N) is 1. The average Bonchev–Trinajstić information content (AvgIpc) is 1.80. The molecule has 0 rings (SSSR count). The van der Waals surface area contributed by atoms with E-state index in [0.29, 0.717) is 0 Å². The van der Waals surface area contributed by atoms with Crippen molar-refractivity contribution in [3.8, 4) is 0 Å². The van der Waals surface area contributed by atoms with Crippen LogP contribution in [0.5, 0.6) is 0 Å². The minimum absolute atomic E-state index is 0.196. The number of carbonyl (C=O) groups excluding carboxylic acids is 1. The first-order valence-electron chi connectivity index (χ1n) is 2.94. The Kier molecular flexibility index (Phi) is 3.93. The van der Waals surface area contributed by atoms with Crippen LogP contribution in [0.3, 0.4) is 0 Å². The fourth-order valence-corrected chi connectivity index (χ4v) is 0.811. The minimum atomic E-state index is -4.18. The Labute approximate surface area is 70.8 Å². The van der Waals surface area contributed by atoms with Crippen molar-refractivity contribution in [2.75, 3.05) is 0 Å². The molecule has 1 amide bonds. The second-order valence-electron chi connectivity index (χ2n) is 2.16. The number of primary amides is 1. The summed E-state index contributed by atoms with van der Waals surface area (Å²) in [6, 6.07) is 0. The molecular weight excluding hydrogens is 222 g/mol. The molecule has 0 bridgehead atoms. The van der Waals surface area contributed by atoms with Crippen LogP contribution in [-0.4, -0.2) is 28.9 Å². The van der Waals surface area contributed by atoms with Crippen molar-refractivity contribution in [1.82, 2.24) is 0 Å². The van der Waals surface area contributed by atoms with Gasteiger partial charge < -0.3 is 0 Å². The van der Waals surface area contributed by atoms with Crippen molar-refractivity contribution in [3.05, 3.63) is 0 Å². The van der Waals surface area contributed by atoms with Crippen LogP contribution in [0, 0.1) is 0 Å². The van der Waals surface area contributed by atoms with Crippen molar-refractivity contribution in [2.24, 2.45) is 5.73 Å². The van der Waals surface area contributed by atoms with Gasteiger partial charge in [-0.1, -0.05) is 0 Å². The molecule has 6 heteroatoms. The first-order valence-corrected chi connectivity index (χ1v) is 4.34. The van der Waals surface area contributed by atoms with Crippen LogP contribution in [-0.2, 0) is 4.79 Å². The zero-order valence-corrected chi connectivity index (χ0v) is 8.11. The van der Waals surface area contributed by atoms with Gasteiger partial charge in [-0.2, -0.15) is 0 Å². The van der Waals surface area contributed by atoms with Crippen LogP contribution < -0.4 is 5.73 Å². The van der Waals surface area contributed by atoms with E-state index < -0.39 is 23.2 Å². The number of hydrogen-bond acceptors (Lipinski definition) is 1. The molecule has 0 aromatic heterocycles. The second-order valence-corrected chi connectivity index (χ2v) is 3.85. The van der Waals surface area contributed by atoms with Gasteiger partial charge in [0.2, 0.25) is 0 Å². The first-order chi connectivity index (χ1) is 4.83. The van der Waals surface area contributed by atoms with Gasteiger partial charge in [-0.05, 0) is 0 Å². The van der Waals surface area contributed by atoms with Crippen molar-refractivity contribution >= 4 is 22.8 Å². The predicted octanol–water partition coefficient (Wildman–Crippen LogP) is 0.236. The number of rotatable bonds is 3. The Balaban J connectivity index is 3.63. The van der Waals surface area contributed by atoms with Crippen molar-refractivity contribution in [1.29, 1.82) is 0 Å². The maximum absolute atomic E-state index is 11.5. The van der Waals surface area contributed by atoms with Crippen LogP contribution in [0.2, 0.25) is 4.71 Å². The quantitative estimate of drug-likeness (QED) is 0.694. The molecule has 0 aromatic rings. The Morgan fingerprint density at radius 3 is 2.27 bits per heavy atom. The van der Waals surface area contributed by atoms with E-state index in [1.165, 1.54) is 0 Å². The third kappa shape index (κ3) is 6.23. The van der Waals surface area contributed by atoms with Crippen molar-refractivity contribution < 1.29 is 18.0 Å². The summed E-state index contributed by atoms with van der Waals surface area (Å²) < 4.78 is 34.0. The summed E-state index contributed by atoms with van der Waals surface area (Å²) in [7, 11) is 0. The van der Waals surface area contributed by atoms with Gasteiger partial charge in [0.15, 0.2) is 0 Å². The predicted molar refractivity (Wildman–Crippen MR) is 36.8 cm³/mol. The molecule has 0 spiro atoms. The third-order valence-electron chi connectivity index (χ3n) is 1.10. The molecule has 0 aromatic carbocycles. The molecule has 2 atom stereocenters. The molecule has 0 fully saturated rings. The Hall–Kier alpha value is -0.182. The molecule has 0 heterocycles. The Bertz CT molecular complexity index is 147. The van der Waals surface area contributed by atoms with Crippen molar-refractivity contribution in [2.45, 2.75) is 23.7 Å². The molecule has 0 aliphatic heterocycles. The zero-order chi connectivity index (χ0) is 9.07. The van der Waals surface area contributed by atoms with Crippen LogP contribution in [0.15, 0.2) is 0 Å². The maximum atomic E-state index is 11.5. The normalized spacial score (nSPS) is 14.5. The number of carbonyl (C=O) groups is 1. The summed E-state index contributed by atoms with van der Waals surface area (Å²) in [6.45, 7) is 0. The number of halogens is 3. The van der Waals surface area contributed by atoms with Crippen LogP contribution in [0.25, 0.3) is 0 Å². The van der Waals surface area contributed by atoms with Gasteiger partial charge in [0, 0.05) is 0 Å². The van der Waals surface area contributed by atoms with Gasteiger partial charge in [-0.3, -0.25) is 0 Å². The molecule has 0 aliphatic carbocycles. The summed E-state index contributed by atoms with van der Waals surface area (Å²) in [5.41, 5.74) is 4.77. The molecule has 0 aliphatic rings. The molecule has 0 saturated carbocycles. The number of amides is 1. The fraction of sp³-hybridized carbons (Fsp3) is 0.800. The summed E-state index contributed by atoms with van der Waals surface area (Å²) >= 11 is 0.937. The second kappa shape index (κ2) is 4.00. The van der Waals surface area contributed by atoms with Gasteiger partial charge in [0.1, 0.15) is 0 Å². The van der Waals surface area contributed by atoms with Crippen molar-refractivity contribution in [3.63, 3.8) is 0 Å². The van der Waals surface area contributed by atoms with Gasteiger partial charge in [0.05, 0.1) is 0 Å². The monoisotopic (exact) mass is 231 g/mol. The SMILES string of the molecule is NC(=O)C([AsH2])CCC(F)(F)F. The zero-order valence-electron chi connectivity index (χ0n) is 5.69. The standard InChI is InChI=1S/C5H9AsF3NO/c6-3(4(10)11)1-2-5(7,8)9/h3H,1-2,6H2,(H2,10,11). The topological polar surface area (TPSA) is 43.1 Å². The molecule has 2 nitrogen and oxygen atoms in total. The van der Waals surface area contributed by atoms with Gasteiger partial charge >= 0.3 is 70.2 Å². The summed E-state index contributed by atoms with van der Waals surface area (Å²) in [5, 5.41) is 0. The summed E-state index contributed by atoms with van der Waals surface area (Å²) in [5.74, 6) is -0.658. The van der Waals surface area contributed by atoms with Crippen LogP contribution in [0.1, 0.15) is 12.8 Å². The molecule has 66 valence electrons. The molecule has 11 heavy (non-hydrogen) atoms. The molecular formula is C5H9AsF3NO. The molecule has 0 radical (unpaired) electrons. The van der Waals surface area contributed by atoms with E-state index in [2.05, 4.69) is 0 Å². The van der Waals surface area contributed by atoms with E-state index in [1.54, 1.807) is 0 Å². The Morgan fingerprint density at radius 1 is 1.55 bits per heavy atom. The van der Waals surface area contributed by atoms with E-state index >= 15 is 0 Å². The number of alkyl halides is 3. The van der Waals surface area contributed by atoms with Crippen LogP contribution >= 0.6 is 0 Å². The molecule has 2 N–H and O–H groups in total. The average molecular weight is 231 g/mol. The van der Waals surface area contributed by atoms with E-state index in [4.69, 9.17) is 5.73 Å². The van der Waals surface area contributed by atoms with Gasteiger partial charge in [-0.15, -0.1) is 0 Å². The van der Waals surface area contributed by atoms with E-state index in [1.807, 2.05) is 0 Å². The van der Waals surface area contributed by atoms with Gasteiger partial charge in [-0.25, -0.2) is 0 Å². The molecule has 0 saturated heterocycles. The summed E-state index contributed by atoms with van der Waals surface area (Å²) in [4.78, 5) is 10.3. The van der Waals surface area contributed by atoms with Crippen LogP contribution in [0.4, 0.5) is 13.2 Å². The third-order valence-corrected chi connectivity index (χ3v) is 2.49. The molecule has 2 unspecified atom stereocenters.